The van der Waals surface area contributed by atoms with Gasteiger partial charge in [0.2, 0.25) is 5.95 Å². The van der Waals surface area contributed by atoms with Crippen molar-refractivity contribution in [3.8, 4) is 0 Å². The van der Waals surface area contributed by atoms with Gasteiger partial charge in [0.25, 0.3) is 0 Å². The molecule has 1 aliphatic heterocycles. The molecule has 0 radical (unpaired) electrons. The van der Waals surface area contributed by atoms with E-state index in [0.29, 0.717) is 24.9 Å². The Morgan fingerprint density at radius 3 is 2.91 bits per heavy atom. The molecule has 4 N–H and O–H groups in total. The molecule has 1 aromatic carbocycles. The Balaban J connectivity index is 1.71. The van der Waals surface area contributed by atoms with Crippen LogP contribution in [-0.4, -0.2) is 28.3 Å². The largest absolute Gasteiger partial charge is 0.392 e. The number of hydrogen-bond acceptors (Lipinski definition) is 6. The van der Waals surface area contributed by atoms with E-state index in [9.17, 15) is 5.11 Å². The Hall–Kier alpha value is -2.18. The highest BCUT2D eigenvalue weighted by Crippen LogP contribution is 2.25. The molecule has 116 valence electrons. The summed E-state index contributed by atoms with van der Waals surface area (Å²) in [5.41, 5.74) is 8.70. The molecule has 22 heavy (non-hydrogen) atoms. The van der Waals surface area contributed by atoms with E-state index in [0.717, 1.165) is 29.8 Å². The first-order valence-corrected chi connectivity index (χ1v) is 7.39. The van der Waals surface area contributed by atoms with E-state index in [1.165, 1.54) is 0 Å². The fourth-order valence-corrected chi connectivity index (χ4v) is 2.58. The number of nitrogens with one attached hydrogen (secondary N) is 1. The predicted octanol–water partition coefficient (Wildman–Crippen LogP) is 1.67. The van der Waals surface area contributed by atoms with Gasteiger partial charge in [-0.05, 0) is 17.5 Å². The predicted molar refractivity (Wildman–Crippen MR) is 84.3 cm³/mol. The summed E-state index contributed by atoms with van der Waals surface area (Å²) in [4.78, 5) is 8.54. The lowest BCUT2D eigenvalue weighted by molar-refractivity contribution is 0.193. The zero-order chi connectivity index (χ0) is 15.4. The molecule has 0 aliphatic carbocycles. The van der Waals surface area contributed by atoms with Crippen LogP contribution in [0.15, 0.2) is 30.3 Å². The number of aliphatic hydroxyl groups excluding tert-OH is 1. The van der Waals surface area contributed by atoms with Crippen molar-refractivity contribution in [3.05, 3.63) is 47.2 Å². The number of rotatable bonds is 5. The van der Waals surface area contributed by atoms with E-state index in [1.807, 2.05) is 30.3 Å². The summed E-state index contributed by atoms with van der Waals surface area (Å²) in [5.74, 6) is 1.28. The summed E-state index contributed by atoms with van der Waals surface area (Å²) in [6, 6.07) is 9.72. The number of hydrogen-bond donors (Lipinski definition) is 3. The smallest absolute Gasteiger partial charge is 0.222 e. The highest BCUT2D eigenvalue weighted by molar-refractivity contribution is 5.42. The van der Waals surface area contributed by atoms with Gasteiger partial charge in [-0.3, -0.25) is 0 Å². The van der Waals surface area contributed by atoms with Crippen molar-refractivity contribution in [1.82, 2.24) is 9.97 Å². The molecular weight excluding hydrogens is 280 g/mol. The number of aliphatic hydroxyl groups is 1. The molecular formula is C16H20N4O2. The average molecular weight is 300 g/mol. The van der Waals surface area contributed by atoms with Crippen LogP contribution >= 0.6 is 0 Å². The summed E-state index contributed by atoms with van der Waals surface area (Å²) in [7, 11) is 0. The third-order valence-electron chi connectivity index (χ3n) is 3.76. The van der Waals surface area contributed by atoms with Crippen LogP contribution < -0.4 is 11.1 Å². The van der Waals surface area contributed by atoms with E-state index in [2.05, 4.69) is 15.3 Å². The topological polar surface area (TPSA) is 93.3 Å². The van der Waals surface area contributed by atoms with Crippen molar-refractivity contribution in [2.24, 2.45) is 0 Å². The van der Waals surface area contributed by atoms with Crippen molar-refractivity contribution in [2.75, 3.05) is 24.3 Å². The van der Waals surface area contributed by atoms with Gasteiger partial charge in [-0.2, -0.15) is 4.98 Å². The first-order valence-electron chi connectivity index (χ1n) is 7.39. The minimum atomic E-state index is 0.0418. The molecule has 6 nitrogen and oxygen atoms in total. The maximum atomic E-state index is 9.17. The fourth-order valence-electron chi connectivity index (χ4n) is 2.58. The van der Waals surface area contributed by atoms with Crippen molar-refractivity contribution in [3.63, 3.8) is 0 Å². The molecule has 0 bridgehead atoms. The second-order valence-electron chi connectivity index (χ2n) is 5.43. The standard InChI is InChI=1S/C16H20N4O2/c17-16-19-14(13-4-5-22-10-13)7-15(20-16)18-8-11-2-1-3-12(6-11)9-21/h1-3,6-7,13,21H,4-5,8-10H2,(H3,17,18,19,20). The Kier molecular flexibility index (Phi) is 4.50. The molecule has 0 saturated carbocycles. The number of aromatic nitrogens is 2. The SMILES string of the molecule is Nc1nc(NCc2cccc(CO)c2)cc(C2CCOC2)n1. The molecule has 1 saturated heterocycles. The van der Waals surface area contributed by atoms with Crippen LogP contribution in [0.4, 0.5) is 11.8 Å². The molecule has 3 rings (SSSR count). The molecule has 2 aromatic rings. The normalized spacial score (nSPS) is 17.6. The highest BCUT2D eigenvalue weighted by atomic mass is 16.5. The fraction of sp³-hybridized carbons (Fsp3) is 0.375. The molecule has 1 aromatic heterocycles. The van der Waals surface area contributed by atoms with E-state index in [4.69, 9.17) is 10.5 Å². The Labute approximate surface area is 129 Å². The van der Waals surface area contributed by atoms with Gasteiger partial charge >= 0.3 is 0 Å². The van der Waals surface area contributed by atoms with Gasteiger partial charge in [-0.25, -0.2) is 4.98 Å². The average Bonchev–Trinajstić information content (AvgIpc) is 3.07. The quantitative estimate of drug-likeness (QED) is 0.777. The number of nitrogens with zero attached hydrogens (tertiary/aromatic N) is 2. The third-order valence-corrected chi connectivity index (χ3v) is 3.76. The summed E-state index contributed by atoms with van der Waals surface area (Å²) in [6.45, 7) is 2.12. The van der Waals surface area contributed by atoms with Gasteiger partial charge in [0.1, 0.15) is 5.82 Å². The van der Waals surface area contributed by atoms with Crippen LogP contribution in [0.3, 0.4) is 0 Å². The first-order chi connectivity index (χ1) is 10.7. The van der Waals surface area contributed by atoms with Crippen LogP contribution in [-0.2, 0) is 17.9 Å². The van der Waals surface area contributed by atoms with Crippen molar-refractivity contribution in [2.45, 2.75) is 25.5 Å². The Morgan fingerprint density at radius 2 is 2.14 bits per heavy atom. The number of ether oxygens (including phenoxy) is 1. The second-order valence-corrected chi connectivity index (χ2v) is 5.43. The van der Waals surface area contributed by atoms with Crippen LogP contribution in [0, 0.1) is 0 Å². The number of anilines is 2. The first kappa shape index (κ1) is 14.7. The van der Waals surface area contributed by atoms with Gasteiger partial charge in [0.15, 0.2) is 0 Å². The summed E-state index contributed by atoms with van der Waals surface area (Å²) < 4.78 is 5.40. The van der Waals surface area contributed by atoms with Crippen LogP contribution in [0.5, 0.6) is 0 Å². The molecule has 0 spiro atoms. The van der Waals surface area contributed by atoms with Gasteiger partial charge in [-0.15, -0.1) is 0 Å². The zero-order valence-corrected chi connectivity index (χ0v) is 12.3. The lowest BCUT2D eigenvalue weighted by Crippen LogP contribution is -2.09. The monoisotopic (exact) mass is 300 g/mol. The Morgan fingerprint density at radius 1 is 1.27 bits per heavy atom. The Bertz CT molecular complexity index is 642. The minimum absolute atomic E-state index is 0.0418. The summed E-state index contributed by atoms with van der Waals surface area (Å²) in [6.07, 6.45) is 0.967. The maximum absolute atomic E-state index is 9.17. The third kappa shape index (κ3) is 3.52. The van der Waals surface area contributed by atoms with Crippen molar-refractivity contribution in [1.29, 1.82) is 0 Å². The van der Waals surface area contributed by atoms with Crippen LogP contribution in [0.25, 0.3) is 0 Å². The molecule has 1 aliphatic rings. The lowest BCUT2D eigenvalue weighted by atomic mass is 10.0. The summed E-state index contributed by atoms with van der Waals surface area (Å²) in [5, 5.41) is 12.4. The number of nitrogens with two attached hydrogens (primary N) is 1. The molecule has 1 atom stereocenters. The maximum Gasteiger partial charge on any atom is 0.222 e. The van der Waals surface area contributed by atoms with Crippen molar-refractivity contribution >= 4 is 11.8 Å². The lowest BCUT2D eigenvalue weighted by Gasteiger charge is -2.11. The summed E-state index contributed by atoms with van der Waals surface area (Å²) >= 11 is 0. The minimum Gasteiger partial charge on any atom is -0.392 e. The van der Waals surface area contributed by atoms with E-state index < -0.39 is 0 Å². The molecule has 2 heterocycles. The number of nitrogen functional groups attached to an aromatic ring is 1. The molecule has 1 fully saturated rings. The van der Waals surface area contributed by atoms with Gasteiger partial charge in [0, 0.05) is 25.1 Å². The second kappa shape index (κ2) is 6.72. The van der Waals surface area contributed by atoms with Gasteiger partial charge in [-0.1, -0.05) is 24.3 Å². The van der Waals surface area contributed by atoms with E-state index in [1.54, 1.807) is 0 Å². The molecule has 6 heteroatoms. The number of benzene rings is 1. The van der Waals surface area contributed by atoms with Crippen LogP contribution in [0.2, 0.25) is 0 Å². The van der Waals surface area contributed by atoms with Gasteiger partial charge < -0.3 is 20.9 Å². The molecule has 0 amide bonds. The van der Waals surface area contributed by atoms with E-state index in [-0.39, 0.29) is 12.6 Å². The van der Waals surface area contributed by atoms with Crippen LogP contribution in [0.1, 0.15) is 29.2 Å². The van der Waals surface area contributed by atoms with E-state index >= 15 is 0 Å². The molecule has 1 unspecified atom stereocenters. The highest BCUT2D eigenvalue weighted by Gasteiger charge is 2.20. The van der Waals surface area contributed by atoms with Crippen molar-refractivity contribution < 1.29 is 9.84 Å². The van der Waals surface area contributed by atoms with Gasteiger partial charge in [0.05, 0.1) is 18.9 Å². The zero-order valence-electron chi connectivity index (χ0n) is 12.3.